The van der Waals surface area contributed by atoms with Crippen LogP contribution in [-0.4, -0.2) is 31.1 Å². The SMILES string of the molecule is CCc1cccc2c1C(C[C@H]1CCCN1C)CN2. The van der Waals surface area contributed by atoms with Gasteiger partial charge in [-0.05, 0) is 56.5 Å². The van der Waals surface area contributed by atoms with Crippen molar-refractivity contribution in [2.75, 3.05) is 25.5 Å². The Hall–Kier alpha value is -1.02. The Morgan fingerprint density at radius 2 is 2.28 bits per heavy atom. The van der Waals surface area contributed by atoms with E-state index in [1.807, 2.05) is 0 Å². The highest BCUT2D eigenvalue weighted by Gasteiger charge is 2.30. The van der Waals surface area contributed by atoms with Gasteiger partial charge in [0.05, 0.1) is 0 Å². The van der Waals surface area contributed by atoms with Crippen LogP contribution < -0.4 is 5.32 Å². The monoisotopic (exact) mass is 244 g/mol. The molecule has 2 aliphatic heterocycles. The molecule has 3 rings (SSSR count). The number of nitrogens with one attached hydrogen (secondary N) is 1. The Kier molecular flexibility index (Phi) is 3.29. The van der Waals surface area contributed by atoms with Gasteiger partial charge in [0.15, 0.2) is 0 Å². The molecule has 0 aliphatic carbocycles. The van der Waals surface area contributed by atoms with Gasteiger partial charge in [-0.3, -0.25) is 0 Å². The molecular formula is C16H24N2. The molecular weight excluding hydrogens is 220 g/mol. The van der Waals surface area contributed by atoms with Crippen molar-refractivity contribution in [1.29, 1.82) is 0 Å². The number of benzene rings is 1. The summed E-state index contributed by atoms with van der Waals surface area (Å²) in [7, 11) is 2.28. The van der Waals surface area contributed by atoms with Crippen LogP contribution in [-0.2, 0) is 6.42 Å². The first-order chi connectivity index (χ1) is 8.79. The van der Waals surface area contributed by atoms with Gasteiger partial charge in [0.2, 0.25) is 0 Å². The van der Waals surface area contributed by atoms with Crippen molar-refractivity contribution in [3.63, 3.8) is 0 Å². The maximum atomic E-state index is 3.60. The third-order valence-electron chi connectivity index (χ3n) is 4.75. The molecule has 1 saturated heterocycles. The normalized spacial score (nSPS) is 27.2. The van der Waals surface area contributed by atoms with E-state index in [4.69, 9.17) is 0 Å². The molecule has 0 saturated carbocycles. The highest BCUT2D eigenvalue weighted by atomic mass is 15.1. The van der Waals surface area contributed by atoms with Crippen LogP contribution in [0.15, 0.2) is 18.2 Å². The van der Waals surface area contributed by atoms with Gasteiger partial charge >= 0.3 is 0 Å². The lowest BCUT2D eigenvalue weighted by Gasteiger charge is -2.23. The number of hydrogen-bond donors (Lipinski definition) is 1. The smallest absolute Gasteiger partial charge is 0.0379 e. The fraction of sp³-hybridized carbons (Fsp3) is 0.625. The average molecular weight is 244 g/mol. The van der Waals surface area contributed by atoms with Gasteiger partial charge in [0.25, 0.3) is 0 Å². The fourth-order valence-electron chi connectivity index (χ4n) is 3.70. The predicted molar refractivity (Wildman–Crippen MR) is 77.3 cm³/mol. The molecule has 0 aromatic heterocycles. The van der Waals surface area contributed by atoms with E-state index < -0.39 is 0 Å². The molecule has 2 heteroatoms. The van der Waals surface area contributed by atoms with Gasteiger partial charge in [-0.2, -0.15) is 0 Å². The van der Waals surface area contributed by atoms with Gasteiger partial charge in [0, 0.05) is 24.2 Å². The topological polar surface area (TPSA) is 15.3 Å². The van der Waals surface area contributed by atoms with E-state index in [0.29, 0.717) is 0 Å². The van der Waals surface area contributed by atoms with Crippen LogP contribution in [0.2, 0.25) is 0 Å². The van der Waals surface area contributed by atoms with Crippen molar-refractivity contribution >= 4 is 5.69 Å². The van der Waals surface area contributed by atoms with Crippen molar-refractivity contribution in [3.8, 4) is 0 Å². The van der Waals surface area contributed by atoms with E-state index in [0.717, 1.165) is 24.9 Å². The molecule has 0 radical (unpaired) electrons. The Balaban J connectivity index is 1.81. The summed E-state index contributed by atoms with van der Waals surface area (Å²) in [5, 5.41) is 3.60. The molecule has 0 bridgehead atoms. The number of nitrogens with zero attached hydrogens (tertiary/aromatic N) is 1. The van der Waals surface area contributed by atoms with Crippen molar-refractivity contribution in [2.45, 2.75) is 44.6 Å². The number of hydrogen-bond acceptors (Lipinski definition) is 2. The lowest BCUT2D eigenvalue weighted by Crippen LogP contribution is -2.27. The number of fused-ring (bicyclic) bond motifs is 1. The molecule has 1 N–H and O–H groups in total. The highest BCUT2D eigenvalue weighted by molar-refractivity contribution is 5.61. The van der Waals surface area contributed by atoms with Crippen molar-refractivity contribution in [1.82, 2.24) is 4.90 Å². The molecule has 1 fully saturated rings. The largest absolute Gasteiger partial charge is 0.384 e. The van der Waals surface area contributed by atoms with E-state index in [2.05, 4.69) is 42.4 Å². The number of rotatable bonds is 3. The van der Waals surface area contributed by atoms with Crippen LogP contribution in [0.3, 0.4) is 0 Å². The van der Waals surface area contributed by atoms with Gasteiger partial charge in [-0.25, -0.2) is 0 Å². The molecule has 2 aliphatic rings. The lowest BCUT2D eigenvalue weighted by atomic mass is 9.89. The van der Waals surface area contributed by atoms with Gasteiger partial charge in [-0.1, -0.05) is 19.1 Å². The summed E-state index contributed by atoms with van der Waals surface area (Å²) in [5.74, 6) is 0.724. The quantitative estimate of drug-likeness (QED) is 0.878. The average Bonchev–Trinajstić information content (AvgIpc) is 2.97. The van der Waals surface area contributed by atoms with Gasteiger partial charge < -0.3 is 10.2 Å². The molecule has 0 amide bonds. The van der Waals surface area contributed by atoms with E-state index in [-0.39, 0.29) is 0 Å². The number of anilines is 1. The Morgan fingerprint density at radius 1 is 1.39 bits per heavy atom. The Labute approximate surface area is 110 Å². The first kappa shape index (κ1) is 12.0. The Bertz CT molecular complexity index is 427. The first-order valence-electron chi connectivity index (χ1n) is 7.35. The van der Waals surface area contributed by atoms with E-state index in [9.17, 15) is 0 Å². The predicted octanol–water partition coefficient (Wildman–Crippen LogP) is 3.24. The second-order valence-corrected chi connectivity index (χ2v) is 5.82. The minimum Gasteiger partial charge on any atom is -0.384 e. The van der Waals surface area contributed by atoms with Crippen molar-refractivity contribution in [3.05, 3.63) is 29.3 Å². The summed E-state index contributed by atoms with van der Waals surface area (Å²) in [6.45, 7) is 4.69. The van der Waals surface area contributed by atoms with Crippen LogP contribution in [0.4, 0.5) is 5.69 Å². The molecule has 1 aromatic carbocycles. The van der Waals surface area contributed by atoms with Crippen LogP contribution in [0, 0.1) is 0 Å². The third kappa shape index (κ3) is 2.03. The third-order valence-corrected chi connectivity index (χ3v) is 4.75. The highest BCUT2D eigenvalue weighted by Crippen LogP contribution is 2.39. The van der Waals surface area contributed by atoms with E-state index >= 15 is 0 Å². The minimum atomic E-state index is 0.724. The molecule has 0 spiro atoms. The zero-order chi connectivity index (χ0) is 12.5. The van der Waals surface area contributed by atoms with E-state index in [1.165, 1.54) is 31.5 Å². The second-order valence-electron chi connectivity index (χ2n) is 5.82. The molecule has 2 heterocycles. The summed E-state index contributed by atoms with van der Waals surface area (Å²) < 4.78 is 0. The molecule has 18 heavy (non-hydrogen) atoms. The second kappa shape index (κ2) is 4.93. The van der Waals surface area contributed by atoms with E-state index in [1.54, 1.807) is 11.1 Å². The van der Waals surface area contributed by atoms with Crippen molar-refractivity contribution in [2.24, 2.45) is 0 Å². The van der Waals surface area contributed by atoms with Crippen molar-refractivity contribution < 1.29 is 0 Å². The molecule has 1 aromatic rings. The Morgan fingerprint density at radius 3 is 3.00 bits per heavy atom. The minimum absolute atomic E-state index is 0.724. The van der Waals surface area contributed by atoms with Crippen LogP contribution >= 0.6 is 0 Å². The standard InChI is InChI=1S/C16H24N2/c1-3-12-6-4-8-15-16(12)13(11-17-15)10-14-7-5-9-18(14)2/h4,6,8,13-14,17H,3,5,7,9-11H2,1-2H3/t13?,14-/m1/s1. The zero-order valence-electron chi connectivity index (χ0n) is 11.6. The number of likely N-dealkylation sites (tertiary alicyclic amines) is 1. The lowest BCUT2D eigenvalue weighted by molar-refractivity contribution is 0.285. The summed E-state index contributed by atoms with van der Waals surface area (Å²) in [6, 6.07) is 7.53. The summed E-state index contributed by atoms with van der Waals surface area (Å²) >= 11 is 0. The molecule has 98 valence electrons. The summed E-state index contributed by atoms with van der Waals surface area (Å²) in [4.78, 5) is 2.55. The van der Waals surface area contributed by atoms with Crippen LogP contribution in [0.5, 0.6) is 0 Å². The molecule has 1 unspecified atom stereocenters. The maximum absolute atomic E-state index is 3.60. The van der Waals surface area contributed by atoms with Crippen LogP contribution in [0.25, 0.3) is 0 Å². The molecule has 2 atom stereocenters. The zero-order valence-corrected chi connectivity index (χ0v) is 11.6. The summed E-state index contributed by atoms with van der Waals surface area (Å²) in [5.41, 5.74) is 4.54. The van der Waals surface area contributed by atoms with Gasteiger partial charge in [-0.15, -0.1) is 0 Å². The maximum Gasteiger partial charge on any atom is 0.0379 e. The summed E-state index contributed by atoms with van der Waals surface area (Å²) in [6.07, 6.45) is 5.25. The number of aryl methyl sites for hydroxylation is 1. The molecule has 2 nitrogen and oxygen atoms in total. The first-order valence-corrected chi connectivity index (χ1v) is 7.35. The van der Waals surface area contributed by atoms with Crippen LogP contribution in [0.1, 0.15) is 43.2 Å². The fourth-order valence-corrected chi connectivity index (χ4v) is 3.70. The van der Waals surface area contributed by atoms with Gasteiger partial charge in [0.1, 0.15) is 0 Å².